The van der Waals surface area contributed by atoms with E-state index in [1.54, 1.807) is 0 Å². The number of rotatable bonds is 45. The van der Waals surface area contributed by atoms with Crippen molar-refractivity contribution in [3.8, 4) is 0 Å². The summed E-state index contributed by atoms with van der Waals surface area (Å²) in [4.78, 5) is 39.0. The van der Waals surface area contributed by atoms with Gasteiger partial charge in [0.15, 0.2) is 0 Å². The van der Waals surface area contributed by atoms with Gasteiger partial charge in [-0.3, -0.25) is 14.4 Å². The number of esters is 3. The van der Waals surface area contributed by atoms with Gasteiger partial charge in [-0.25, -0.2) is 0 Å². The minimum atomic E-state index is -0.0160. The minimum absolute atomic E-state index is 0.00202. The molecule has 344 valence electrons. The van der Waals surface area contributed by atoms with Crippen LogP contribution in [-0.4, -0.2) is 61.8 Å². The Morgan fingerprint density at radius 3 is 0.983 bits per heavy atom. The summed E-state index contributed by atoms with van der Waals surface area (Å²) in [5, 5.41) is 0. The SMILES string of the molecule is CCC(CC)COC(=O)CCCCCCCCCCCCCCC(CCCCCCCCCCCCCCC(=O)OCC(CC)CC)OC(=O)CCCN(CC)CC. The molecule has 0 N–H and O–H groups in total. The number of carbonyl (C=O) groups is 3. The highest BCUT2D eigenvalue weighted by Crippen LogP contribution is 2.20. The molecule has 0 aliphatic carbocycles. The summed E-state index contributed by atoms with van der Waals surface area (Å²) in [6.45, 7) is 17.2. The lowest BCUT2D eigenvalue weighted by atomic mass is 10.0. The Labute approximate surface area is 361 Å². The van der Waals surface area contributed by atoms with Crippen molar-refractivity contribution in [3.05, 3.63) is 0 Å². The molecule has 0 aromatic rings. The largest absolute Gasteiger partial charge is 0.465 e. The molecule has 0 rings (SSSR count). The first kappa shape index (κ1) is 56.4. The lowest BCUT2D eigenvalue weighted by Gasteiger charge is -2.20. The first-order valence-electron chi connectivity index (χ1n) is 25.6. The molecule has 7 heteroatoms. The van der Waals surface area contributed by atoms with Gasteiger partial charge in [-0.1, -0.05) is 196 Å². The topological polar surface area (TPSA) is 82.1 Å². The minimum Gasteiger partial charge on any atom is -0.465 e. The molecule has 0 heterocycles. The lowest BCUT2D eigenvalue weighted by molar-refractivity contribution is -0.150. The summed E-state index contributed by atoms with van der Waals surface area (Å²) >= 11 is 0. The van der Waals surface area contributed by atoms with E-state index in [1.165, 1.54) is 116 Å². The van der Waals surface area contributed by atoms with Crippen LogP contribution >= 0.6 is 0 Å². The molecule has 0 saturated heterocycles. The molecule has 0 unspecified atom stereocenters. The fourth-order valence-corrected chi connectivity index (χ4v) is 7.93. The molecule has 58 heavy (non-hydrogen) atoms. The number of ether oxygens (including phenoxy) is 3. The van der Waals surface area contributed by atoms with Crippen LogP contribution in [0.3, 0.4) is 0 Å². The number of hydrogen-bond donors (Lipinski definition) is 0. The zero-order chi connectivity index (χ0) is 42.7. The van der Waals surface area contributed by atoms with Crippen LogP contribution in [0.15, 0.2) is 0 Å². The molecule has 0 radical (unpaired) electrons. The standard InChI is InChI=1S/C51H99NO6/c1-7-46(8-2)44-56-49(53)40-35-31-27-23-19-15-13-17-21-25-29-33-38-48(58-51(55)42-37-43-52(11-5)12-6)39-34-30-26-22-18-14-16-20-24-28-32-36-41-50(54)57-45-47(9-3)10-4/h46-48H,7-45H2,1-6H3. The second kappa shape index (κ2) is 43.5. The van der Waals surface area contributed by atoms with Gasteiger partial charge in [0.1, 0.15) is 6.10 Å². The average Bonchev–Trinajstić information content (AvgIpc) is 3.23. The van der Waals surface area contributed by atoms with Gasteiger partial charge in [0.2, 0.25) is 0 Å². The maximum atomic E-state index is 12.8. The molecule has 0 aliphatic heterocycles. The summed E-state index contributed by atoms with van der Waals surface area (Å²) in [7, 11) is 0. The maximum Gasteiger partial charge on any atom is 0.306 e. The van der Waals surface area contributed by atoms with E-state index >= 15 is 0 Å². The van der Waals surface area contributed by atoms with Crippen LogP contribution in [0.1, 0.15) is 260 Å². The van der Waals surface area contributed by atoms with Gasteiger partial charge in [-0.2, -0.15) is 0 Å². The molecule has 0 bridgehead atoms. The first-order valence-corrected chi connectivity index (χ1v) is 25.6. The van der Waals surface area contributed by atoms with Gasteiger partial charge >= 0.3 is 17.9 Å². The Morgan fingerprint density at radius 2 is 0.672 bits per heavy atom. The van der Waals surface area contributed by atoms with Crippen molar-refractivity contribution in [2.75, 3.05) is 32.8 Å². The Hall–Kier alpha value is -1.63. The maximum absolute atomic E-state index is 12.8. The molecule has 0 aliphatic rings. The average molecular weight is 822 g/mol. The summed E-state index contributed by atoms with van der Waals surface area (Å²) in [5.41, 5.74) is 0. The van der Waals surface area contributed by atoms with Crippen molar-refractivity contribution in [1.82, 2.24) is 4.90 Å². The van der Waals surface area contributed by atoms with Gasteiger partial charge < -0.3 is 19.1 Å². The molecule has 0 aromatic heterocycles. The Morgan fingerprint density at radius 1 is 0.379 bits per heavy atom. The lowest BCUT2D eigenvalue weighted by Crippen LogP contribution is -2.25. The van der Waals surface area contributed by atoms with Crippen LogP contribution in [0.5, 0.6) is 0 Å². The van der Waals surface area contributed by atoms with Crippen LogP contribution in [-0.2, 0) is 28.6 Å². The van der Waals surface area contributed by atoms with Gasteiger partial charge in [-0.05, 0) is 76.4 Å². The normalized spacial score (nSPS) is 11.7. The number of unbranched alkanes of at least 4 members (excludes halogenated alkanes) is 22. The van der Waals surface area contributed by atoms with Crippen molar-refractivity contribution in [1.29, 1.82) is 0 Å². The van der Waals surface area contributed by atoms with Gasteiger partial charge in [0, 0.05) is 19.3 Å². The molecule has 0 spiro atoms. The van der Waals surface area contributed by atoms with Crippen molar-refractivity contribution < 1.29 is 28.6 Å². The molecule has 0 saturated carbocycles. The van der Waals surface area contributed by atoms with Gasteiger partial charge in [-0.15, -0.1) is 0 Å². The van der Waals surface area contributed by atoms with E-state index < -0.39 is 0 Å². The number of carbonyl (C=O) groups excluding carboxylic acids is 3. The molecular formula is C51H99NO6. The van der Waals surface area contributed by atoms with E-state index in [0.29, 0.717) is 44.3 Å². The van der Waals surface area contributed by atoms with Crippen molar-refractivity contribution in [2.45, 2.75) is 266 Å². The second-order valence-corrected chi connectivity index (χ2v) is 17.5. The molecule has 0 fully saturated rings. The predicted octanol–water partition coefficient (Wildman–Crippen LogP) is 14.9. The van der Waals surface area contributed by atoms with Crippen molar-refractivity contribution in [2.24, 2.45) is 11.8 Å². The highest BCUT2D eigenvalue weighted by Gasteiger charge is 2.15. The third kappa shape index (κ3) is 37.4. The van der Waals surface area contributed by atoms with Crippen LogP contribution in [0.25, 0.3) is 0 Å². The number of nitrogens with zero attached hydrogens (tertiary/aromatic N) is 1. The van der Waals surface area contributed by atoms with Gasteiger partial charge in [0.25, 0.3) is 0 Å². The van der Waals surface area contributed by atoms with E-state index in [-0.39, 0.29) is 24.0 Å². The van der Waals surface area contributed by atoms with E-state index in [0.717, 1.165) is 103 Å². The van der Waals surface area contributed by atoms with E-state index in [1.807, 2.05) is 0 Å². The Kier molecular flexibility index (Phi) is 42.2. The monoisotopic (exact) mass is 822 g/mol. The molecule has 0 amide bonds. The predicted molar refractivity (Wildman–Crippen MR) is 246 cm³/mol. The van der Waals surface area contributed by atoms with E-state index in [2.05, 4.69) is 46.4 Å². The molecule has 0 atom stereocenters. The quantitative estimate of drug-likeness (QED) is 0.0344. The first-order chi connectivity index (χ1) is 28.3. The van der Waals surface area contributed by atoms with Crippen LogP contribution < -0.4 is 0 Å². The smallest absolute Gasteiger partial charge is 0.306 e. The fourth-order valence-electron chi connectivity index (χ4n) is 7.93. The highest BCUT2D eigenvalue weighted by molar-refractivity contribution is 5.70. The zero-order valence-corrected chi connectivity index (χ0v) is 39.7. The Balaban J connectivity index is 4.03. The van der Waals surface area contributed by atoms with E-state index in [9.17, 15) is 14.4 Å². The Bertz CT molecular complexity index is 843. The summed E-state index contributed by atoms with van der Waals surface area (Å²) < 4.78 is 17.0. The van der Waals surface area contributed by atoms with E-state index in [4.69, 9.17) is 14.2 Å². The zero-order valence-electron chi connectivity index (χ0n) is 39.7. The highest BCUT2D eigenvalue weighted by atomic mass is 16.5. The summed E-state index contributed by atoms with van der Waals surface area (Å²) in [6, 6.07) is 0. The van der Waals surface area contributed by atoms with Crippen LogP contribution in [0, 0.1) is 11.8 Å². The molecule has 7 nitrogen and oxygen atoms in total. The van der Waals surface area contributed by atoms with Crippen LogP contribution in [0.4, 0.5) is 0 Å². The second-order valence-electron chi connectivity index (χ2n) is 17.5. The summed E-state index contributed by atoms with van der Waals surface area (Å²) in [6.07, 6.45) is 38.8. The van der Waals surface area contributed by atoms with Gasteiger partial charge in [0.05, 0.1) is 13.2 Å². The molecular weight excluding hydrogens is 723 g/mol. The molecule has 0 aromatic carbocycles. The van der Waals surface area contributed by atoms with Crippen molar-refractivity contribution in [3.63, 3.8) is 0 Å². The van der Waals surface area contributed by atoms with Crippen molar-refractivity contribution >= 4 is 17.9 Å². The fraction of sp³-hybridized carbons (Fsp3) is 0.941. The third-order valence-electron chi connectivity index (χ3n) is 12.6. The third-order valence-corrected chi connectivity index (χ3v) is 12.6. The van der Waals surface area contributed by atoms with Crippen LogP contribution in [0.2, 0.25) is 0 Å². The number of hydrogen-bond acceptors (Lipinski definition) is 7. The summed E-state index contributed by atoms with van der Waals surface area (Å²) in [5.74, 6) is 0.991.